The van der Waals surface area contributed by atoms with Gasteiger partial charge in [-0.15, -0.1) is 11.6 Å². The van der Waals surface area contributed by atoms with Crippen LogP contribution in [0.2, 0.25) is 0 Å². The Balaban J connectivity index is 2.36. The number of carbonyl (C=O) groups excluding carboxylic acids is 1. The molecule has 0 spiro atoms. The van der Waals surface area contributed by atoms with Gasteiger partial charge in [0.05, 0.1) is 0 Å². The molecule has 0 aromatic carbocycles. The summed E-state index contributed by atoms with van der Waals surface area (Å²) in [6.07, 6.45) is 7.46. The van der Waals surface area contributed by atoms with Gasteiger partial charge in [0, 0.05) is 23.6 Å². The minimum Gasteiger partial charge on any atom is -0.352 e. The first kappa shape index (κ1) is 12.2. The van der Waals surface area contributed by atoms with Crippen LogP contribution in [0.3, 0.4) is 0 Å². The van der Waals surface area contributed by atoms with Crippen molar-refractivity contribution in [3.05, 3.63) is 0 Å². The van der Waals surface area contributed by atoms with Gasteiger partial charge in [-0.05, 0) is 19.1 Å². The normalized spacial score (nSPS) is 27.3. The molecule has 2 nitrogen and oxygen atoms in total. The van der Waals surface area contributed by atoms with Gasteiger partial charge in [0.2, 0.25) is 5.91 Å². The van der Waals surface area contributed by atoms with Gasteiger partial charge in [-0.1, -0.05) is 12.8 Å². The van der Waals surface area contributed by atoms with Gasteiger partial charge in [-0.25, -0.2) is 0 Å². The standard InChI is InChI=1S/C10H18ClNOS/c1-14-9-5-3-2-4-8(9)12-10(13)6-7-11/h8-9H,2-7H2,1H3,(H,12,13). The molecule has 1 aliphatic carbocycles. The van der Waals surface area contributed by atoms with Crippen LogP contribution in [0.1, 0.15) is 32.1 Å². The van der Waals surface area contributed by atoms with E-state index in [1.807, 2.05) is 11.8 Å². The van der Waals surface area contributed by atoms with Gasteiger partial charge in [0.1, 0.15) is 0 Å². The van der Waals surface area contributed by atoms with E-state index in [-0.39, 0.29) is 5.91 Å². The molecule has 1 fully saturated rings. The third-order valence-electron chi connectivity index (χ3n) is 2.67. The van der Waals surface area contributed by atoms with Crippen molar-refractivity contribution in [2.24, 2.45) is 0 Å². The molecule has 82 valence electrons. The van der Waals surface area contributed by atoms with Gasteiger partial charge >= 0.3 is 0 Å². The Hall–Kier alpha value is 0.110. The SMILES string of the molecule is CSC1CCCCC1NC(=O)CCCl. The fourth-order valence-corrected chi connectivity index (χ4v) is 3.02. The lowest BCUT2D eigenvalue weighted by Crippen LogP contribution is -2.43. The summed E-state index contributed by atoms with van der Waals surface area (Å²) < 4.78 is 0. The highest BCUT2D eigenvalue weighted by atomic mass is 35.5. The van der Waals surface area contributed by atoms with Gasteiger partial charge in [0.15, 0.2) is 0 Å². The molecular weight excluding hydrogens is 218 g/mol. The van der Waals surface area contributed by atoms with E-state index in [4.69, 9.17) is 11.6 Å². The number of nitrogens with one attached hydrogen (secondary N) is 1. The molecular formula is C10H18ClNOS. The molecule has 1 amide bonds. The Morgan fingerprint density at radius 1 is 1.50 bits per heavy atom. The first-order valence-electron chi connectivity index (χ1n) is 5.16. The molecule has 1 rings (SSSR count). The Kier molecular flexibility index (Phi) is 5.71. The summed E-state index contributed by atoms with van der Waals surface area (Å²) in [5.74, 6) is 0.522. The first-order chi connectivity index (χ1) is 6.77. The maximum absolute atomic E-state index is 11.4. The van der Waals surface area contributed by atoms with Crippen LogP contribution in [0.15, 0.2) is 0 Å². The van der Waals surface area contributed by atoms with E-state index in [1.54, 1.807) is 0 Å². The lowest BCUT2D eigenvalue weighted by Gasteiger charge is -2.30. The van der Waals surface area contributed by atoms with Crippen LogP contribution in [-0.2, 0) is 4.79 Å². The minimum absolute atomic E-state index is 0.103. The van der Waals surface area contributed by atoms with Gasteiger partial charge in [-0.3, -0.25) is 4.79 Å². The van der Waals surface area contributed by atoms with Crippen molar-refractivity contribution in [3.63, 3.8) is 0 Å². The van der Waals surface area contributed by atoms with Crippen LogP contribution in [-0.4, -0.2) is 29.3 Å². The summed E-state index contributed by atoms with van der Waals surface area (Å²) in [7, 11) is 0. The molecule has 2 atom stereocenters. The summed E-state index contributed by atoms with van der Waals surface area (Å²) >= 11 is 7.38. The fraction of sp³-hybridized carbons (Fsp3) is 0.900. The number of amides is 1. The Morgan fingerprint density at radius 3 is 2.86 bits per heavy atom. The summed E-state index contributed by atoms with van der Waals surface area (Å²) in [5, 5.41) is 3.68. The molecule has 0 aromatic heterocycles. The smallest absolute Gasteiger partial charge is 0.221 e. The Bertz CT molecular complexity index is 189. The predicted molar refractivity (Wildman–Crippen MR) is 63.0 cm³/mol. The quantitative estimate of drug-likeness (QED) is 0.759. The first-order valence-corrected chi connectivity index (χ1v) is 6.98. The van der Waals surface area contributed by atoms with Crippen molar-refractivity contribution in [2.75, 3.05) is 12.1 Å². The molecule has 0 aromatic rings. The highest BCUT2D eigenvalue weighted by Crippen LogP contribution is 2.27. The molecule has 0 saturated heterocycles. The summed E-state index contributed by atoms with van der Waals surface area (Å²) in [6.45, 7) is 0. The van der Waals surface area contributed by atoms with E-state index in [0.29, 0.717) is 23.6 Å². The van der Waals surface area contributed by atoms with Crippen molar-refractivity contribution >= 4 is 29.3 Å². The highest BCUT2D eigenvalue weighted by Gasteiger charge is 2.25. The van der Waals surface area contributed by atoms with E-state index in [2.05, 4.69) is 11.6 Å². The molecule has 0 heterocycles. The molecule has 4 heteroatoms. The summed E-state index contributed by atoms with van der Waals surface area (Å²) in [5.41, 5.74) is 0. The van der Waals surface area contributed by atoms with Crippen LogP contribution in [0, 0.1) is 0 Å². The van der Waals surface area contributed by atoms with E-state index >= 15 is 0 Å². The van der Waals surface area contributed by atoms with Gasteiger partial charge in [-0.2, -0.15) is 11.8 Å². The monoisotopic (exact) mass is 235 g/mol. The zero-order valence-corrected chi connectivity index (χ0v) is 10.2. The second kappa shape index (κ2) is 6.57. The van der Waals surface area contributed by atoms with Crippen LogP contribution in [0.25, 0.3) is 0 Å². The van der Waals surface area contributed by atoms with Crippen LogP contribution < -0.4 is 5.32 Å². The van der Waals surface area contributed by atoms with E-state index in [1.165, 1.54) is 19.3 Å². The molecule has 14 heavy (non-hydrogen) atoms. The number of rotatable bonds is 4. The maximum atomic E-state index is 11.4. The number of halogens is 1. The van der Waals surface area contributed by atoms with E-state index in [0.717, 1.165) is 6.42 Å². The van der Waals surface area contributed by atoms with Crippen molar-refractivity contribution in [2.45, 2.75) is 43.4 Å². The second-order valence-electron chi connectivity index (χ2n) is 3.67. The minimum atomic E-state index is 0.103. The molecule has 2 unspecified atom stereocenters. The van der Waals surface area contributed by atoms with Gasteiger partial charge < -0.3 is 5.32 Å². The zero-order valence-electron chi connectivity index (χ0n) is 8.59. The number of alkyl halides is 1. The largest absolute Gasteiger partial charge is 0.352 e. The van der Waals surface area contributed by atoms with Gasteiger partial charge in [0.25, 0.3) is 0 Å². The third kappa shape index (κ3) is 3.70. The van der Waals surface area contributed by atoms with Crippen molar-refractivity contribution < 1.29 is 4.79 Å². The molecule has 1 N–H and O–H groups in total. The van der Waals surface area contributed by atoms with Crippen molar-refractivity contribution in [1.82, 2.24) is 5.32 Å². The van der Waals surface area contributed by atoms with Crippen LogP contribution in [0.5, 0.6) is 0 Å². The maximum Gasteiger partial charge on any atom is 0.221 e. The lowest BCUT2D eigenvalue weighted by molar-refractivity contribution is -0.121. The Morgan fingerprint density at radius 2 is 2.21 bits per heavy atom. The average molecular weight is 236 g/mol. The fourth-order valence-electron chi connectivity index (χ4n) is 1.91. The van der Waals surface area contributed by atoms with Crippen LogP contribution in [0.4, 0.5) is 0 Å². The number of hydrogen-bond donors (Lipinski definition) is 1. The highest BCUT2D eigenvalue weighted by molar-refractivity contribution is 7.99. The molecule has 0 bridgehead atoms. The van der Waals surface area contributed by atoms with Crippen molar-refractivity contribution in [3.8, 4) is 0 Å². The zero-order chi connectivity index (χ0) is 10.4. The molecule has 1 saturated carbocycles. The van der Waals surface area contributed by atoms with E-state index in [9.17, 15) is 4.79 Å². The number of hydrogen-bond acceptors (Lipinski definition) is 2. The number of thioether (sulfide) groups is 1. The average Bonchev–Trinajstić information content (AvgIpc) is 2.19. The van der Waals surface area contributed by atoms with Crippen LogP contribution >= 0.6 is 23.4 Å². The third-order valence-corrected chi connectivity index (χ3v) is 4.03. The predicted octanol–water partition coefficient (Wildman–Crippen LogP) is 2.41. The number of carbonyl (C=O) groups is 1. The lowest BCUT2D eigenvalue weighted by atomic mass is 9.95. The molecule has 0 radical (unpaired) electrons. The Labute approximate surface area is 95.2 Å². The van der Waals surface area contributed by atoms with Crippen molar-refractivity contribution in [1.29, 1.82) is 0 Å². The van der Waals surface area contributed by atoms with E-state index < -0.39 is 0 Å². The molecule has 0 aliphatic heterocycles. The topological polar surface area (TPSA) is 29.1 Å². The summed E-state index contributed by atoms with van der Waals surface area (Å²) in [4.78, 5) is 11.4. The second-order valence-corrected chi connectivity index (χ2v) is 5.13. The molecule has 1 aliphatic rings. The summed E-state index contributed by atoms with van der Waals surface area (Å²) in [6, 6.07) is 0.370.